The topological polar surface area (TPSA) is 29.5 Å². The summed E-state index contributed by atoms with van der Waals surface area (Å²) in [5.41, 5.74) is 2.23. The number of hydrogen-bond acceptors (Lipinski definition) is 3. The lowest BCUT2D eigenvalue weighted by molar-refractivity contribution is 0.107. The SMILES string of the molecule is COc1ccc(C=O)cc1CN1CCC(C(C)(C)C)CC1. The first-order chi connectivity index (χ1) is 9.94. The van der Waals surface area contributed by atoms with Gasteiger partial charge < -0.3 is 4.74 Å². The Labute approximate surface area is 128 Å². The Morgan fingerprint density at radius 3 is 2.48 bits per heavy atom. The molecule has 2 rings (SSSR count). The number of carbonyl (C=O) groups is 1. The molecule has 1 aliphatic heterocycles. The minimum absolute atomic E-state index is 0.404. The average Bonchev–Trinajstić information content (AvgIpc) is 2.46. The minimum atomic E-state index is 0.404. The maximum absolute atomic E-state index is 10.9. The van der Waals surface area contributed by atoms with E-state index in [9.17, 15) is 4.79 Å². The molecule has 3 heteroatoms. The van der Waals surface area contributed by atoms with Gasteiger partial charge in [-0.2, -0.15) is 0 Å². The molecule has 1 saturated heterocycles. The normalized spacial score (nSPS) is 17.7. The molecule has 0 unspecified atom stereocenters. The van der Waals surface area contributed by atoms with Gasteiger partial charge in [0.2, 0.25) is 0 Å². The molecule has 1 aromatic rings. The predicted molar refractivity (Wildman–Crippen MR) is 85.8 cm³/mol. The average molecular weight is 289 g/mol. The van der Waals surface area contributed by atoms with Crippen LogP contribution in [0, 0.1) is 11.3 Å². The first-order valence-corrected chi connectivity index (χ1v) is 7.78. The first-order valence-electron chi connectivity index (χ1n) is 7.78. The highest BCUT2D eigenvalue weighted by molar-refractivity contribution is 5.75. The van der Waals surface area contributed by atoms with Crippen LogP contribution in [0.4, 0.5) is 0 Å². The number of rotatable bonds is 4. The van der Waals surface area contributed by atoms with Crippen molar-refractivity contribution in [2.75, 3.05) is 20.2 Å². The van der Waals surface area contributed by atoms with E-state index in [-0.39, 0.29) is 0 Å². The van der Waals surface area contributed by atoms with E-state index in [0.29, 0.717) is 5.41 Å². The number of hydrogen-bond donors (Lipinski definition) is 0. The van der Waals surface area contributed by atoms with Crippen molar-refractivity contribution in [2.45, 2.75) is 40.2 Å². The fraction of sp³-hybridized carbons (Fsp3) is 0.611. The summed E-state index contributed by atoms with van der Waals surface area (Å²) in [5.74, 6) is 1.68. The molecule has 21 heavy (non-hydrogen) atoms. The third-order valence-electron chi connectivity index (χ3n) is 4.65. The third-order valence-corrected chi connectivity index (χ3v) is 4.65. The second kappa shape index (κ2) is 6.61. The van der Waals surface area contributed by atoms with Gasteiger partial charge in [-0.25, -0.2) is 0 Å². The molecule has 0 N–H and O–H groups in total. The lowest BCUT2D eigenvalue weighted by atomic mass is 9.75. The van der Waals surface area contributed by atoms with Crippen molar-refractivity contribution in [3.05, 3.63) is 29.3 Å². The lowest BCUT2D eigenvalue weighted by Gasteiger charge is -2.38. The van der Waals surface area contributed by atoms with E-state index in [1.165, 1.54) is 12.8 Å². The number of piperidine rings is 1. The molecule has 0 aromatic heterocycles. The second-order valence-electron chi connectivity index (χ2n) is 7.11. The zero-order valence-corrected chi connectivity index (χ0v) is 13.7. The Kier molecular flexibility index (Phi) is 5.04. The number of aldehydes is 1. The molecule has 1 fully saturated rings. The van der Waals surface area contributed by atoms with Crippen LogP contribution in [-0.4, -0.2) is 31.4 Å². The molecular formula is C18H27NO2. The van der Waals surface area contributed by atoms with Crippen molar-refractivity contribution in [2.24, 2.45) is 11.3 Å². The second-order valence-corrected chi connectivity index (χ2v) is 7.11. The molecule has 3 nitrogen and oxygen atoms in total. The number of ether oxygens (including phenoxy) is 1. The van der Waals surface area contributed by atoms with Crippen LogP contribution in [-0.2, 0) is 6.54 Å². The predicted octanol–water partition coefficient (Wildman–Crippen LogP) is 3.77. The lowest BCUT2D eigenvalue weighted by Crippen LogP contribution is -2.37. The summed E-state index contributed by atoms with van der Waals surface area (Å²) in [6, 6.07) is 5.64. The van der Waals surface area contributed by atoms with E-state index in [2.05, 4.69) is 25.7 Å². The van der Waals surface area contributed by atoms with Crippen LogP contribution in [0.3, 0.4) is 0 Å². The van der Waals surface area contributed by atoms with Crippen LogP contribution in [0.15, 0.2) is 18.2 Å². The van der Waals surface area contributed by atoms with Crippen molar-refractivity contribution in [1.82, 2.24) is 4.90 Å². The molecule has 0 atom stereocenters. The molecule has 1 aromatic carbocycles. The van der Waals surface area contributed by atoms with E-state index in [1.807, 2.05) is 12.1 Å². The molecule has 0 bridgehead atoms. The Bertz CT molecular complexity index is 482. The van der Waals surface area contributed by atoms with Gasteiger partial charge in [-0.3, -0.25) is 9.69 Å². The largest absolute Gasteiger partial charge is 0.496 e. The third kappa shape index (κ3) is 4.07. The van der Waals surface area contributed by atoms with E-state index in [0.717, 1.165) is 48.7 Å². The van der Waals surface area contributed by atoms with E-state index < -0.39 is 0 Å². The van der Waals surface area contributed by atoms with Crippen LogP contribution < -0.4 is 4.74 Å². The maximum atomic E-state index is 10.9. The quantitative estimate of drug-likeness (QED) is 0.790. The number of nitrogens with zero attached hydrogens (tertiary/aromatic N) is 1. The van der Waals surface area contributed by atoms with Crippen molar-refractivity contribution in [3.8, 4) is 5.75 Å². The Balaban J connectivity index is 2.02. The molecule has 1 heterocycles. The van der Waals surface area contributed by atoms with Crippen LogP contribution in [0.5, 0.6) is 5.75 Å². The standard InChI is InChI=1S/C18H27NO2/c1-18(2,3)16-7-9-19(10-8-16)12-15-11-14(13-20)5-6-17(15)21-4/h5-6,11,13,16H,7-10,12H2,1-4H3. The van der Waals surface area contributed by atoms with Gasteiger partial charge in [0.25, 0.3) is 0 Å². The molecule has 0 radical (unpaired) electrons. The van der Waals surface area contributed by atoms with Gasteiger partial charge in [-0.05, 0) is 55.5 Å². The Morgan fingerprint density at radius 2 is 1.95 bits per heavy atom. The molecule has 0 spiro atoms. The van der Waals surface area contributed by atoms with E-state index in [1.54, 1.807) is 13.2 Å². The van der Waals surface area contributed by atoms with Crippen molar-refractivity contribution in [3.63, 3.8) is 0 Å². The molecule has 1 aliphatic rings. The fourth-order valence-electron chi connectivity index (χ4n) is 3.19. The molecule has 0 saturated carbocycles. The smallest absolute Gasteiger partial charge is 0.150 e. The molecule has 0 aliphatic carbocycles. The van der Waals surface area contributed by atoms with Crippen molar-refractivity contribution in [1.29, 1.82) is 0 Å². The summed E-state index contributed by atoms with van der Waals surface area (Å²) < 4.78 is 5.42. The summed E-state index contributed by atoms with van der Waals surface area (Å²) in [6.07, 6.45) is 3.40. The van der Waals surface area contributed by atoms with Crippen molar-refractivity contribution < 1.29 is 9.53 Å². The number of methoxy groups -OCH3 is 1. The number of carbonyl (C=O) groups excluding carboxylic acids is 1. The summed E-state index contributed by atoms with van der Waals surface area (Å²) in [4.78, 5) is 13.4. The van der Waals surface area contributed by atoms with Crippen LogP contribution >= 0.6 is 0 Å². The van der Waals surface area contributed by atoms with Gasteiger partial charge >= 0.3 is 0 Å². The number of benzene rings is 1. The van der Waals surface area contributed by atoms with Gasteiger partial charge in [-0.15, -0.1) is 0 Å². The highest BCUT2D eigenvalue weighted by Crippen LogP contribution is 2.35. The summed E-state index contributed by atoms with van der Waals surface area (Å²) >= 11 is 0. The Morgan fingerprint density at radius 1 is 1.29 bits per heavy atom. The van der Waals surface area contributed by atoms with E-state index in [4.69, 9.17) is 4.74 Å². The van der Waals surface area contributed by atoms with Gasteiger partial charge in [0, 0.05) is 17.7 Å². The van der Waals surface area contributed by atoms with Gasteiger partial charge in [-0.1, -0.05) is 20.8 Å². The maximum Gasteiger partial charge on any atom is 0.150 e. The summed E-state index contributed by atoms with van der Waals surface area (Å²) in [6.45, 7) is 10.1. The monoisotopic (exact) mass is 289 g/mol. The summed E-state index contributed by atoms with van der Waals surface area (Å²) in [7, 11) is 1.69. The Hall–Kier alpha value is -1.35. The van der Waals surface area contributed by atoms with Gasteiger partial charge in [0.1, 0.15) is 12.0 Å². The molecular weight excluding hydrogens is 262 g/mol. The summed E-state index contributed by atoms with van der Waals surface area (Å²) in [5, 5.41) is 0. The van der Waals surface area contributed by atoms with Crippen LogP contribution in [0.25, 0.3) is 0 Å². The van der Waals surface area contributed by atoms with Crippen LogP contribution in [0.1, 0.15) is 49.5 Å². The van der Waals surface area contributed by atoms with Gasteiger partial charge in [0.05, 0.1) is 7.11 Å². The van der Waals surface area contributed by atoms with Crippen LogP contribution in [0.2, 0.25) is 0 Å². The number of likely N-dealkylation sites (tertiary alicyclic amines) is 1. The molecule has 116 valence electrons. The minimum Gasteiger partial charge on any atom is -0.496 e. The van der Waals surface area contributed by atoms with E-state index >= 15 is 0 Å². The zero-order valence-electron chi connectivity index (χ0n) is 13.7. The highest BCUT2D eigenvalue weighted by Gasteiger charge is 2.28. The molecule has 0 amide bonds. The van der Waals surface area contributed by atoms with Crippen molar-refractivity contribution >= 4 is 6.29 Å². The first kappa shape index (κ1) is 16.0. The van der Waals surface area contributed by atoms with Gasteiger partial charge in [0.15, 0.2) is 0 Å². The fourth-order valence-corrected chi connectivity index (χ4v) is 3.19. The highest BCUT2D eigenvalue weighted by atomic mass is 16.5. The zero-order chi connectivity index (χ0) is 15.5.